The zero-order valence-corrected chi connectivity index (χ0v) is 19.4. The molecule has 2 fully saturated rings. The Kier molecular flexibility index (Phi) is 6.63. The van der Waals surface area contributed by atoms with Crippen molar-refractivity contribution in [3.63, 3.8) is 0 Å². The number of nitrogens with zero attached hydrogens (tertiary/aromatic N) is 2. The predicted molar refractivity (Wildman–Crippen MR) is 119 cm³/mol. The summed E-state index contributed by atoms with van der Waals surface area (Å²) in [5.41, 5.74) is 2.25. The number of benzene rings is 1. The normalized spacial score (nSPS) is 18.4. The highest BCUT2D eigenvalue weighted by Crippen LogP contribution is 2.36. The molecule has 7 nitrogen and oxygen atoms in total. The maximum absolute atomic E-state index is 13.4. The summed E-state index contributed by atoms with van der Waals surface area (Å²) in [4.78, 5) is 21.8. The van der Waals surface area contributed by atoms with Crippen molar-refractivity contribution in [3.8, 4) is 0 Å². The minimum absolute atomic E-state index is 0.00799. The third kappa shape index (κ3) is 5.30. The number of carbonyl (C=O) groups is 1. The maximum atomic E-state index is 13.4. The highest BCUT2D eigenvalue weighted by Gasteiger charge is 2.39. The molecule has 2 N–H and O–H groups in total. The van der Waals surface area contributed by atoms with Gasteiger partial charge in [-0.2, -0.15) is 0 Å². The number of hydrogen-bond donors (Lipinski definition) is 2. The summed E-state index contributed by atoms with van der Waals surface area (Å²) >= 11 is 0. The van der Waals surface area contributed by atoms with Gasteiger partial charge in [0.15, 0.2) is 6.29 Å². The zero-order chi connectivity index (χ0) is 23.8. The van der Waals surface area contributed by atoms with Crippen LogP contribution in [-0.2, 0) is 20.7 Å². The van der Waals surface area contributed by atoms with E-state index < -0.39 is 12.7 Å². The van der Waals surface area contributed by atoms with Crippen LogP contribution in [-0.4, -0.2) is 34.6 Å². The lowest BCUT2D eigenvalue weighted by atomic mass is 9.97. The van der Waals surface area contributed by atoms with Crippen molar-refractivity contribution in [1.82, 2.24) is 15.3 Å². The molecular formula is C24H30F2N4O3. The van der Waals surface area contributed by atoms with Gasteiger partial charge in [-0.1, -0.05) is 18.2 Å². The van der Waals surface area contributed by atoms with Crippen molar-refractivity contribution in [2.24, 2.45) is 0 Å². The van der Waals surface area contributed by atoms with Gasteiger partial charge in [0.1, 0.15) is 11.6 Å². The summed E-state index contributed by atoms with van der Waals surface area (Å²) in [6, 6.07) is 4.56. The first-order valence-electron chi connectivity index (χ1n) is 11.2. The first kappa shape index (κ1) is 23.5. The van der Waals surface area contributed by atoms with Gasteiger partial charge in [0.2, 0.25) is 5.91 Å². The lowest BCUT2D eigenvalue weighted by Gasteiger charge is -2.24. The molecule has 1 aliphatic heterocycles. The van der Waals surface area contributed by atoms with Gasteiger partial charge in [-0.05, 0) is 51.7 Å². The molecule has 178 valence electrons. The Morgan fingerprint density at radius 2 is 1.85 bits per heavy atom. The van der Waals surface area contributed by atoms with E-state index in [0.717, 1.165) is 18.4 Å². The Labute approximate surface area is 192 Å². The molecule has 2 aromatic rings. The Bertz CT molecular complexity index is 1040. The third-order valence-electron chi connectivity index (χ3n) is 6.24. The highest BCUT2D eigenvalue weighted by molar-refractivity contribution is 5.80. The molecule has 1 saturated carbocycles. The number of anilines is 1. The smallest absolute Gasteiger partial charge is 0.264 e. The number of aryl methyl sites for hydroxylation is 1. The van der Waals surface area contributed by atoms with Crippen LogP contribution in [0.1, 0.15) is 79.2 Å². The molecule has 1 aromatic heterocycles. The van der Waals surface area contributed by atoms with Crippen LogP contribution in [0.5, 0.6) is 0 Å². The van der Waals surface area contributed by atoms with E-state index in [0.29, 0.717) is 41.7 Å². The lowest BCUT2D eigenvalue weighted by Crippen LogP contribution is -2.36. The molecule has 9 heteroatoms. The molecular weight excluding hydrogens is 430 g/mol. The van der Waals surface area contributed by atoms with Crippen molar-refractivity contribution in [2.75, 3.05) is 18.5 Å². The second-order valence-electron chi connectivity index (χ2n) is 9.07. The molecule has 33 heavy (non-hydrogen) atoms. The molecule has 2 aliphatic rings. The number of carbonyl (C=O) groups excluding carboxylic acids is 1. The number of nitrogens with one attached hydrogen (secondary N) is 2. The first-order valence-corrected chi connectivity index (χ1v) is 11.2. The molecule has 0 radical (unpaired) electrons. The zero-order valence-electron chi connectivity index (χ0n) is 19.4. The van der Waals surface area contributed by atoms with Crippen molar-refractivity contribution in [2.45, 2.75) is 71.3 Å². The van der Waals surface area contributed by atoms with Gasteiger partial charge in [0.25, 0.3) is 6.43 Å². The fourth-order valence-electron chi connectivity index (χ4n) is 4.16. The molecule has 0 bridgehead atoms. The van der Waals surface area contributed by atoms with Crippen LogP contribution in [0.3, 0.4) is 0 Å². The predicted octanol–water partition coefficient (Wildman–Crippen LogP) is 4.46. The van der Waals surface area contributed by atoms with Crippen LogP contribution in [0.25, 0.3) is 0 Å². The van der Waals surface area contributed by atoms with Crippen LogP contribution in [0.15, 0.2) is 18.2 Å². The van der Waals surface area contributed by atoms with Gasteiger partial charge < -0.3 is 20.1 Å². The average molecular weight is 461 g/mol. The van der Waals surface area contributed by atoms with Crippen molar-refractivity contribution < 1.29 is 23.0 Å². The lowest BCUT2D eigenvalue weighted by molar-refractivity contribution is -0.121. The average Bonchev–Trinajstić information content (AvgIpc) is 3.21. The second kappa shape index (κ2) is 9.30. The van der Waals surface area contributed by atoms with Crippen LogP contribution >= 0.6 is 0 Å². The Balaban J connectivity index is 1.66. The van der Waals surface area contributed by atoms with Gasteiger partial charge in [-0.25, -0.2) is 18.7 Å². The Morgan fingerprint density at radius 1 is 1.18 bits per heavy atom. The van der Waals surface area contributed by atoms with E-state index in [2.05, 4.69) is 20.6 Å². The SMILES string of the molecule is Cc1nc(CC(=O)NC2(C)CC2)c(C2OCCO2)c(N[C@H](C)c2cccc(C(F)F)c2C)n1. The van der Waals surface area contributed by atoms with Gasteiger partial charge in [0, 0.05) is 11.1 Å². The minimum Gasteiger partial charge on any atom is -0.363 e. The standard InChI is InChI=1S/C24H30F2N4O3/c1-13-16(6-5-7-17(13)21(25)26)14(2)27-22-20(23-32-10-11-33-23)18(28-15(3)29-22)12-19(31)30-24(4)8-9-24/h5-7,14,21,23H,8-12H2,1-4H3,(H,30,31)(H,27,28,29)/t14-/m1/s1. The number of aromatic nitrogens is 2. The molecule has 4 rings (SSSR count). The first-order chi connectivity index (χ1) is 15.7. The summed E-state index contributed by atoms with van der Waals surface area (Å²) in [6.45, 7) is 8.20. The van der Waals surface area contributed by atoms with E-state index in [9.17, 15) is 13.6 Å². The number of rotatable bonds is 8. The van der Waals surface area contributed by atoms with E-state index in [1.165, 1.54) is 6.07 Å². The number of halogens is 2. The third-order valence-corrected chi connectivity index (χ3v) is 6.24. The molecule has 0 unspecified atom stereocenters. The molecule has 1 aliphatic carbocycles. The van der Waals surface area contributed by atoms with E-state index in [-0.39, 0.29) is 29.5 Å². The van der Waals surface area contributed by atoms with Crippen LogP contribution < -0.4 is 10.6 Å². The summed E-state index contributed by atoms with van der Waals surface area (Å²) in [7, 11) is 0. The monoisotopic (exact) mass is 460 g/mol. The van der Waals surface area contributed by atoms with E-state index in [1.807, 2.05) is 19.9 Å². The molecule has 0 spiro atoms. The fourth-order valence-corrected chi connectivity index (χ4v) is 4.16. The number of amides is 1. The largest absolute Gasteiger partial charge is 0.363 e. The van der Waals surface area contributed by atoms with Gasteiger partial charge in [-0.15, -0.1) is 0 Å². The second-order valence-corrected chi connectivity index (χ2v) is 9.07. The van der Waals surface area contributed by atoms with Crippen molar-refractivity contribution in [3.05, 3.63) is 52.0 Å². The Morgan fingerprint density at radius 3 is 2.48 bits per heavy atom. The van der Waals surface area contributed by atoms with E-state index in [4.69, 9.17) is 9.47 Å². The molecule has 1 aromatic carbocycles. The van der Waals surface area contributed by atoms with Gasteiger partial charge in [0.05, 0.1) is 36.9 Å². The number of hydrogen-bond acceptors (Lipinski definition) is 6. The molecule has 1 amide bonds. The number of alkyl halides is 2. The van der Waals surface area contributed by atoms with Gasteiger partial charge >= 0.3 is 0 Å². The fraction of sp³-hybridized carbons (Fsp3) is 0.542. The molecule has 2 heterocycles. The minimum atomic E-state index is -2.55. The van der Waals surface area contributed by atoms with Crippen LogP contribution in [0.4, 0.5) is 14.6 Å². The van der Waals surface area contributed by atoms with Crippen molar-refractivity contribution >= 4 is 11.7 Å². The van der Waals surface area contributed by atoms with Crippen LogP contribution in [0.2, 0.25) is 0 Å². The van der Waals surface area contributed by atoms with Crippen molar-refractivity contribution in [1.29, 1.82) is 0 Å². The summed E-state index contributed by atoms with van der Waals surface area (Å²) in [5, 5.41) is 6.39. The molecule has 1 saturated heterocycles. The number of ether oxygens (including phenoxy) is 2. The Hall–Kier alpha value is -2.65. The quantitative estimate of drug-likeness (QED) is 0.605. The van der Waals surface area contributed by atoms with Gasteiger partial charge in [-0.3, -0.25) is 4.79 Å². The van der Waals surface area contributed by atoms with Crippen LogP contribution in [0, 0.1) is 13.8 Å². The topological polar surface area (TPSA) is 85.4 Å². The molecule has 1 atom stereocenters. The summed E-state index contributed by atoms with van der Waals surface area (Å²) in [6.07, 6.45) is -1.25. The van der Waals surface area contributed by atoms with E-state index in [1.54, 1.807) is 19.9 Å². The van der Waals surface area contributed by atoms with E-state index >= 15 is 0 Å². The summed E-state index contributed by atoms with van der Waals surface area (Å²) in [5.74, 6) is 0.848. The highest BCUT2D eigenvalue weighted by atomic mass is 19.3. The summed E-state index contributed by atoms with van der Waals surface area (Å²) < 4.78 is 38.3. The maximum Gasteiger partial charge on any atom is 0.264 e.